The molecule has 0 bridgehead atoms. The number of carbonyl (C=O) groups is 2. The highest BCUT2D eigenvalue weighted by atomic mass is 16.4. The quantitative estimate of drug-likeness (QED) is 0.459. The lowest BCUT2D eigenvalue weighted by atomic mass is 10.0. The molecule has 106 valence electrons. The lowest BCUT2D eigenvalue weighted by Crippen LogP contribution is -2.52. The molecule has 0 heterocycles. The number of hydrogen-bond donors (Lipinski definition) is 2. The second kappa shape index (κ2) is 8.08. The number of unbranched alkanes of at least 4 members (excludes halogenated alkanes) is 4. The van der Waals surface area contributed by atoms with Crippen LogP contribution in [0.2, 0.25) is 0 Å². The second-order valence-corrected chi connectivity index (χ2v) is 5.73. The van der Waals surface area contributed by atoms with E-state index in [4.69, 9.17) is 10.8 Å². The number of nitrogens with zero attached hydrogens (tertiary/aromatic N) is 1. The third kappa shape index (κ3) is 8.06. The minimum Gasteiger partial charge on any atom is -0.481 e. The normalized spacial score (nSPS) is 13.3. The van der Waals surface area contributed by atoms with Crippen LogP contribution in [0.3, 0.4) is 0 Å². The topological polar surface area (TPSA) is 80.4 Å². The van der Waals surface area contributed by atoms with E-state index >= 15 is 0 Å². The van der Waals surface area contributed by atoms with Gasteiger partial charge in [-0.2, -0.15) is 0 Å². The fraction of sp³-hybridized carbons (Fsp3) is 0.846. The number of carboxylic acids is 1. The van der Waals surface area contributed by atoms with E-state index in [1.54, 1.807) is 0 Å². The Balaban J connectivity index is 3.69. The van der Waals surface area contributed by atoms with Crippen LogP contribution in [0.15, 0.2) is 0 Å². The van der Waals surface area contributed by atoms with E-state index in [1.807, 2.05) is 21.1 Å². The van der Waals surface area contributed by atoms with Crippen LogP contribution >= 0.6 is 0 Å². The molecule has 0 aromatic rings. The van der Waals surface area contributed by atoms with Gasteiger partial charge in [-0.25, -0.2) is 0 Å². The Morgan fingerprint density at radius 3 is 2.00 bits per heavy atom. The van der Waals surface area contributed by atoms with E-state index < -0.39 is 5.97 Å². The number of primary amides is 1. The molecule has 0 rings (SSSR count). The van der Waals surface area contributed by atoms with Crippen LogP contribution in [-0.2, 0) is 9.59 Å². The summed E-state index contributed by atoms with van der Waals surface area (Å²) >= 11 is 0. The van der Waals surface area contributed by atoms with Crippen LogP contribution in [0.4, 0.5) is 0 Å². The Morgan fingerprint density at radius 1 is 1.06 bits per heavy atom. The summed E-state index contributed by atoms with van der Waals surface area (Å²) in [5.74, 6) is -0.970. The van der Waals surface area contributed by atoms with E-state index in [1.165, 1.54) is 0 Å². The second-order valence-electron chi connectivity index (χ2n) is 5.73. The monoisotopic (exact) mass is 259 g/mol. The molecule has 0 saturated carbocycles. The van der Waals surface area contributed by atoms with Crippen LogP contribution < -0.4 is 5.73 Å². The first kappa shape index (κ1) is 16.9. The highest BCUT2D eigenvalue weighted by Crippen LogP contribution is 2.14. The zero-order chi connectivity index (χ0) is 14.2. The van der Waals surface area contributed by atoms with Gasteiger partial charge < -0.3 is 15.3 Å². The Labute approximate surface area is 110 Å². The molecule has 3 N–H and O–H groups in total. The number of aliphatic carboxylic acids is 1. The first-order valence-electron chi connectivity index (χ1n) is 6.57. The van der Waals surface area contributed by atoms with Crippen molar-refractivity contribution in [2.45, 2.75) is 51.0 Å². The maximum atomic E-state index is 11.3. The van der Waals surface area contributed by atoms with Crippen molar-refractivity contribution in [1.29, 1.82) is 0 Å². The first-order chi connectivity index (χ1) is 8.25. The molecule has 0 aromatic carbocycles. The van der Waals surface area contributed by atoms with Crippen molar-refractivity contribution in [3.8, 4) is 0 Å². The van der Waals surface area contributed by atoms with Crippen molar-refractivity contribution >= 4 is 11.9 Å². The molecule has 0 aromatic heterocycles. The molecule has 1 atom stereocenters. The molecule has 5 nitrogen and oxygen atoms in total. The Kier molecular flexibility index (Phi) is 7.59. The van der Waals surface area contributed by atoms with Gasteiger partial charge in [0, 0.05) is 12.8 Å². The molecule has 1 amide bonds. The van der Waals surface area contributed by atoms with Crippen molar-refractivity contribution in [1.82, 2.24) is 0 Å². The van der Waals surface area contributed by atoms with Crippen molar-refractivity contribution < 1.29 is 19.2 Å². The number of carbonyl (C=O) groups excluding carboxylic acids is 1. The largest absolute Gasteiger partial charge is 0.481 e. The predicted molar refractivity (Wildman–Crippen MR) is 71.0 cm³/mol. The number of carboxylic acid groups (broad SMARTS) is 1. The summed E-state index contributed by atoms with van der Waals surface area (Å²) in [5, 5.41) is 8.49. The van der Waals surface area contributed by atoms with Gasteiger partial charge in [0.2, 0.25) is 0 Å². The third-order valence-electron chi connectivity index (χ3n) is 3.13. The molecule has 0 aliphatic carbocycles. The molecule has 1 unspecified atom stereocenters. The average molecular weight is 259 g/mol. The summed E-state index contributed by atoms with van der Waals surface area (Å²) in [6, 6.07) is -0.135. The fourth-order valence-electron chi connectivity index (χ4n) is 2.06. The van der Waals surface area contributed by atoms with Crippen molar-refractivity contribution in [3.63, 3.8) is 0 Å². The summed E-state index contributed by atoms with van der Waals surface area (Å²) in [6.07, 6.45) is 5.76. The summed E-state index contributed by atoms with van der Waals surface area (Å²) < 4.78 is 0.564. The van der Waals surface area contributed by atoms with Gasteiger partial charge >= 0.3 is 5.97 Å². The van der Waals surface area contributed by atoms with Crippen LogP contribution in [0.1, 0.15) is 44.9 Å². The van der Waals surface area contributed by atoms with Crippen LogP contribution in [0, 0.1) is 0 Å². The maximum Gasteiger partial charge on any atom is 0.303 e. The average Bonchev–Trinajstić information content (AvgIpc) is 2.18. The standard InChI is InChI=1S/C13H26N2O3/c1-15(2,3)11(13(14)18)9-7-5-4-6-8-10-12(16)17/h11H,4-10H2,1-3H3,(H2-,14,16,17,18)/p+1. The van der Waals surface area contributed by atoms with E-state index in [9.17, 15) is 9.59 Å². The van der Waals surface area contributed by atoms with Crippen molar-refractivity contribution in [2.24, 2.45) is 5.73 Å². The Hall–Kier alpha value is -1.10. The number of hydrogen-bond acceptors (Lipinski definition) is 2. The zero-order valence-electron chi connectivity index (χ0n) is 11.8. The van der Waals surface area contributed by atoms with Gasteiger partial charge in [0.05, 0.1) is 21.1 Å². The maximum absolute atomic E-state index is 11.3. The highest BCUT2D eigenvalue weighted by Gasteiger charge is 2.28. The molecule has 0 fully saturated rings. The molecule has 18 heavy (non-hydrogen) atoms. The van der Waals surface area contributed by atoms with E-state index in [0.717, 1.165) is 38.5 Å². The minimum atomic E-state index is -0.728. The summed E-state index contributed by atoms with van der Waals surface area (Å²) in [5.41, 5.74) is 5.40. The smallest absolute Gasteiger partial charge is 0.303 e. The lowest BCUT2D eigenvalue weighted by Gasteiger charge is -2.31. The van der Waals surface area contributed by atoms with Gasteiger partial charge in [0.1, 0.15) is 0 Å². The van der Waals surface area contributed by atoms with E-state index in [0.29, 0.717) is 4.48 Å². The minimum absolute atomic E-state index is 0.135. The van der Waals surface area contributed by atoms with E-state index in [-0.39, 0.29) is 18.4 Å². The molecule has 0 radical (unpaired) electrons. The van der Waals surface area contributed by atoms with Crippen LogP contribution in [-0.4, -0.2) is 48.7 Å². The summed E-state index contributed by atoms with van der Waals surface area (Å²) in [7, 11) is 5.92. The zero-order valence-corrected chi connectivity index (χ0v) is 11.8. The summed E-state index contributed by atoms with van der Waals surface area (Å²) in [4.78, 5) is 21.6. The molecule has 0 spiro atoms. The van der Waals surface area contributed by atoms with Gasteiger partial charge in [-0.05, 0) is 12.8 Å². The van der Waals surface area contributed by atoms with Gasteiger partial charge in [0.15, 0.2) is 6.04 Å². The predicted octanol–water partition coefficient (Wildman–Crippen LogP) is 1.36. The van der Waals surface area contributed by atoms with Gasteiger partial charge in [-0.1, -0.05) is 19.3 Å². The number of nitrogens with two attached hydrogens (primary N) is 1. The van der Waals surface area contributed by atoms with Gasteiger partial charge in [-0.15, -0.1) is 0 Å². The van der Waals surface area contributed by atoms with Crippen molar-refractivity contribution in [3.05, 3.63) is 0 Å². The summed E-state index contributed by atoms with van der Waals surface area (Å²) in [6.45, 7) is 0. The molecule has 0 saturated heterocycles. The number of likely N-dealkylation sites (N-methyl/N-ethyl adjacent to an activating group) is 1. The number of rotatable bonds is 10. The van der Waals surface area contributed by atoms with Crippen LogP contribution in [0.5, 0.6) is 0 Å². The Morgan fingerprint density at radius 2 is 1.56 bits per heavy atom. The third-order valence-corrected chi connectivity index (χ3v) is 3.13. The lowest BCUT2D eigenvalue weighted by molar-refractivity contribution is -0.886. The Bertz CT molecular complexity index is 272. The SMILES string of the molecule is C[N+](C)(C)C(CCCCCCCC(=O)O)C(N)=O. The number of quaternary nitrogens is 1. The van der Waals surface area contributed by atoms with E-state index in [2.05, 4.69) is 0 Å². The highest BCUT2D eigenvalue weighted by molar-refractivity contribution is 5.78. The molecule has 0 aliphatic rings. The number of amides is 1. The molecular weight excluding hydrogens is 232 g/mol. The molecule has 5 heteroatoms. The molecule has 0 aliphatic heterocycles. The van der Waals surface area contributed by atoms with Gasteiger partial charge in [0.25, 0.3) is 5.91 Å². The molecular formula is C13H27N2O3+. The van der Waals surface area contributed by atoms with Gasteiger partial charge in [-0.3, -0.25) is 9.59 Å². The van der Waals surface area contributed by atoms with Crippen molar-refractivity contribution in [2.75, 3.05) is 21.1 Å². The fourth-order valence-corrected chi connectivity index (χ4v) is 2.06. The van der Waals surface area contributed by atoms with Crippen LogP contribution in [0.25, 0.3) is 0 Å². The first-order valence-corrected chi connectivity index (χ1v) is 6.57.